The normalized spacial score (nSPS) is 25.5. The fourth-order valence-corrected chi connectivity index (χ4v) is 2.98. The molecule has 0 spiro atoms. The summed E-state index contributed by atoms with van der Waals surface area (Å²) in [7, 11) is 0. The van der Waals surface area contributed by atoms with Gasteiger partial charge < -0.3 is 5.32 Å². The first kappa shape index (κ1) is 13.4. The summed E-state index contributed by atoms with van der Waals surface area (Å²) >= 11 is 9.86. The standard InChI is InChI=1S/C14H19BrClN/c15-12-8-6-11(7-9-12)10-17-14-5-3-1-2-4-13(14)16/h6-9,13-14,17H,1-5,10H2. The molecule has 3 heteroatoms. The third kappa shape index (κ3) is 4.27. The zero-order chi connectivity index (χ0) is 12.1. The topological polar surface area (TPSA) is 12.0 Å². The average Bonchev–Trinajstić information content (AvgIpc) is 2.54. The van der Waals surface area contributed by atoms with Crippen LogP contribution in [-0.2, 0) is 6.54 Å². The molecule has 2 unspecified atom stereocenters. The number of nitrogens with one attached hydrogen (secondary N) is 1. The molecule has 94 valence electrons. The van der Waals surface area contributed by atoms with Gasteiger partial charge in [-0.2, -0.15) is 0 Å². The summed E-state index contributed by atoms with van der Waals surface area (Å²) in [5.74, 6) is 0. The smallest absolute Gasteiger partial charge is 0.0489 e. The third-order valence-corrected chi connectivity index (χ3v) is 4.46. The lowest BCUT2D eigenvalue weighted by atomic mass is 10.1. The summed E-state index contributed by atoms with van der Waals surface area (Å²) in [5.41, 5.74) is 1.32. The minimum atomic E-state index is 0.299. The van der Waals surface area contributed by atoms with Crippen molar-refractivity contribution in [3.8, 4) is 0 Å². The Morgan fingerprint density at radius 3 is 2.59 bits per heavy atom. The molecule has 1 aromatic rings. The molecule has 0 amide bonds. The summed E-state index contributed by atoms with van der Waals surface area (Å²) in [4.78, 5) is 0. The van der Waals surface area contributed by atoms with Crippen molar-refractivity contribution in [1.29, 1.82) is 0 Å². The largest absolute Gasteiger partial charge is 0.308 e. The molecule has 0 radical (unpaired) electrons. The average molecular weight is 317 g/mol. The van der Waals surface area contributed by atoms with Crippen LogP contribution in [0.5, 0.6) is 0 Å². The lowest BCUT2D eigenvalue weighted by Gasteiger charge is -2.21. The minimum absolute atomic E-state index is 0.299. The van der Waals surface area contributed by atoms with Crippen molar-refractivity contribution in [1.82, 2.24) is 5.32 Å². The Morgan fingerprint density at radius 2 is 1.82 bits per heavy atom. The molecule has 0 saturated heterocycles. The monoisotopic (exact) mass is 315 g/mol. The quantitative estimate of drug-likeness (QED) is 0.640. The van der Waals surface area contributed by atoms with E-state index in [2.05, 4.69) is 45.5 Å². The first-order valence-corrected chi connectivity index (χ1v) is 7.60. The first-order valence-electron chi connectivity index (χ1n) is 6.37. The van der Waals surface area contributed by atoms with E-state index in [0.29, 0.717) is 11.4 Å². The highest BCUT2D eigenvalue weighted by Crippen LogP contribution is 2.22. The van der Waals surface area contributed by atoms with E-state index in [1.165, 1.54) is 31.2 Å². The maximum Gasteiger partial charge on any atom is 0.0489 e. The molecular formula is C14H19BrClN. The molecule has 1 N–H and O–H groups in total. The zero-order valence-corrected chi connectivity index (χ0v) is 12.3. The van der Waals surface area contributed by atoms with Crippen molar-refractivity contribution in [3.05, 3.63) is 34.3 Å². The van der Waals surface area contributed by atoms with Gasteiger partial charge in [-0.15, -0.1) is 11.6 Å². The van der Waals surface area contributed by atoms with Gasteiger partial charge in [0.25, 0.3) is 0 Å². The number of alkyl halides is 1. The van der Waals surface area contributed by atoms with Crippen LogP contribution in [0.15, 0.2) is 28.7 Å². The number of halogens is 2. The zero-order valence-electron chi connectivity index (χ0n) is 9.96. The van der Waals surface area contributed by atoms with Crippen LogP contribution in [0, 0.1) is 0 Å². The Balaban J connectivity index is 1.85. The third-order valence-electron chi connectivity index (χ3n) is 3.41. The molecule has 1 saturated carbocycles. The highest BCUT2D eigenvalue weighted by molar-refractivity contribution is 9.10. The van der Waals surface area contributed by atoms with E-state index < -0.39 is 0 Å². The van der Waals surface area contributed by atoms with Crippen molar-refractivity contribution in [2.45, 2.75) is 50.1 Å². The highest BCUT2D eigenvalue weighted by atomic mass is 79.9. The summed E-state index contributed by atoms with van der Waals surface area (Å²) in [6.07, 6.45) is 6.29. The molecule has 1 fully saturated rings. The summed E-state index contributed by atoms with van der Waals surface area (Å²) in [5, 5.41) is 3.90. The first-order chi connectivity index (χ1) is 8.25. The number of hydrogen-bond acceptors (Lipinski definition) is 1. The van der Waals surface area contributed by atoms with Gasteiger partial charge in [0, 0.05) is 22.4 Å². The Hall–Kier alpha value is -0.0500. The molecule has 1 aliphatic carbocycles. The molecule has 1 aromatic carbocycles. The van der Waals surface area contributed by atoms with Gasteiger partial charge in [0.15, 0.2) is 0 Å². The van der Waals surface area contributed by atoms with E-state index in [1.807, 2.05) is 0 Å². The van der Waals surface area contributed by atoms with E-state index >= 15 is 0 Å². The summed E-state index contributed by atoms with van der Waals surface area (Å²) < 4.78 is 1.13. The molecule has 17 heavy (non-hydrogen) atoms. The van der Waals surface area contributed by atoms with E-state index in [4.69, 9.17) is 11.6 Å². The lowest BCUT2D eigenvalue weighted by Crippen LogP contribution is -2.35. The fraction of sp³-hybridized carbons (Fsp3) is 0.571. The Labute approximate surface area is 117 Å². The van der Waals surface area contributed by atoms with Crippen molar-refractivity contribution in [2.24, 2.45) is 0 Å². The molecule has 1 aliphatic rings. The van der Waals surface area contributed by atoms with E-state index in [9.17, 15) is 0 Å². The Kier molecular flexibility index (Phi) is 5.33. The van der Waals surface area contributed by atoms with Crippen LogP contribution in [0.1, 0.15) is 37.7 Å². The molecule has 2 atom stereocenters. The van der Waals surface area contributed by atoms with E-state index in [0.717, 1.165) is 17.4 Å². The van der Waals surface area contributed by atoms with Gasteiger partial charge in [-0.1, -0.05) is 47.3 Å². The minimum Gasteiger partial charge on any atom is -0.308 e. The van der Waals surface area contributed by atoms with Crippen LogP contribution in [0.25, 0.3) is 0 Å². The second-order valence-electron chi connectivity index (χ2n) is 4.77. The van der Waals surface area contributed by atoms with E-state index in [-0.39, 0.29) is 0 Å². The molecular weight excluding hydrogens is 298 g/mol. The van der Waals surface area contributed by atoms with Gasteiger partial charge in [-0.3, -0.25) is 0 Å². The van der Waals surface area contributed by atoms with Crippen LogP contribution >= 0.6 is 27.5 Å². The molecule has 0 bridgehead atoms. The molecule has 2 rings (SSSR count). The van der Waals surface area contributed by atoms with Gasteiger partial charge >= 0.3 is 0 Å². The molecule has 0 aliphatic heterocycles. The molecule has 0 aromatic heterocycles. The summed E-state index contributed by atoms with van der Waals surface area (Å²) in [6, 6.07) is 8.95. The van der Waals surface area contributed by atoms with E-state index in [1.54, 1.807) is 0 Å². The predicted octanol–water partition coefficient (Wildman–Crippen LogP) is 4.48. The number of benzene rings is 1. The van der Waals surface area contributed by atoms with Gasteiger partial charge in [0.2, 0.25) is 0 Å². The van der Waals surface area contributed by atoms with Crippen molar-refractivity contribution in [2.75, 3.05) is 0 Å². The second kappa shape index (κ2) is 6.77. The fourth-order valence-electron chi connectivity index (χ4n) is 2.34. The van der Waals surface area contributed by atoms with Crippen LogP contribution in [0.3, 0.4) is 0 Å². The maximum absolute atomic E-state index is 6.41. The Morgan fingerprint density at radius 1 is 1.12 bits per heavy atom. The van der Waals surface area contributed by atoms with Crippen LogP contribution in [0.2, 0.25) is 0 Å². The van der Waals surface area contributed by atoms with Gasteiger partial charge in [-0.25, -0.2) is 0 Å². The second-order valence-corrected chi connectivity index (χ2v) is 6.24. The number of rotatable bonds is 3. The molecule has 0 heterocycles. The Bertz CT molecular complexity index is 339. The molecule has 1 nitrogen and oxygen atoms in total. The van der Waals surface area contributed by atoms with Gasteiger partial charge in [-0.05, 0) is 30.5 Å². The van der Waals surface area contributed by atoms with Gasteiger partial charge in [0.1, 0.15) is 0 Å². The number of hydrogen-bond donors (Lipinski definition) is 1. The SMILES string of the molecule is ClC1CCCCCC1NCc1ccc(Br)cc1. The van der Waals surface area contributed by atoms with Crippen molar-refractivity contribution < 1.29 is 0 Å². The van der Waals surface area contributed by atoms with Crippen LogP contribution in [-0.4, -0.2) is 11.4 Å². The highest BCUT2D eigenvalue weighted by Gasteiger charge is 2.20. The van der Waals surface area contributed by atoms with Gasteiger partial charge in [0.05, 0.1) is 0 Å². The predicted molar refractivity (Wildman–Crippen MR) is 77.5 cm³/mol. The maximum atomic E-state index is 6.41. The van der Waals surface area contributed by atoms with Crippen molar-refractivity contribution >= 4 is 27.5 Å². The lowest BCUT2D eigenvalue weighted by molar-refractivity contribution is 0.465. The van der Waals surface area contributed by atoms with Crippen molar-refractivity contribution in [3.63, 3.8) is 0 Å². The van der Waals surface area contributed by atoms with Crippen LogP contribution < -0.4 is 5.32 Å². The van der Waals surface area contributed by atoms with Crippen LogP contribution in [0.4, 0.5) is 0 Å². The summed E-state index contributed by atoms with van der Waals surface area (Å²) in [6.45, 7) is 0.918.